The second-order valence-electron chi connectivity index (χ2n) is 3.88. The lowest BCUT2D eigenvalue weighted by Gasteiger charge is -2.22. The fourth-order valence-electron chi connectivity index (χ4n) is 1.57. The van der Waals surface area contributed by atoms with Crippen LogP contribution >= 0.6 is 11.6 Å². The molecule has 0 radical (unpaired) electrons. The van der Waals surface area contributed by atoms with Crippen LogP contribution in [0.3, 0.4) is 0 Å². The summed E-state index contributed by atoms with van der Waals surface area (Å²) in [5.41, 5.74) is 6.70. The third-order valence-corrected chi connectivity index (χ3v) is 2.88. The number of hydrogen-bond acceptors (Lipinski definition) is 3. The van der Waals surface area contributed by atoms with Crippen LogP contribution in [0.15, 0.2) is 24.3 Å². The molecule has 0 bridgehead atoms. The van der Waals surface area contributed by atoms with Crippen molar-refractivity contribution in [1.29, 1.82) is 0 Å². The zero-order valence-corrected chi connectivity index (χ0v) is 10.6. The molecule has 1 aromatic carbocycles. The highest BCUT2D eigenvalue weighted by Gasteiger charge is 2.10. The van der Waals surface area contributed by atoms with Crippen LogP contribution in [0.2, 0.25) is 5.02 Å². The highest BCUT2D eigenvalue weighted by molar-refractivity contribution is 6.31. The molecule has 0 aliphatic rings. The first kappa shape index (κ1) is 13.5. The summed E-state index contributed by atoms with van der Waals surface area (Å²) in [5, 5.41) is 0.802. The predicted octanol–water partition coefficient (Wildman–Crippen LogP) is 1.75. The van der Waals surface area contributed by atoms with Gasteiger partial charge < -0.3 is 10.5 Å². The van der Waals surface area contributed by atoms with Gasteiger partial charge in [-0.05, 0) is 18.7 Å². The molecule has 0 saturated heterocycles. The van der Waals surface area contributed by atoms with Crippen molar-refractivity contribution < 1.29 is 4.74 Å². The largest absolute Gasteiger partial charge is 0.379 e. The second kappa shape index (κ2) is 6.86. The van der Waals surface area contributed by atoms with E-state index in [1.54, 1.807) is 7.11 Å². The van der Waals surface area contributed by atoms with E-state index in [2.05, 4.69) is 4.90 Å². The Morgan fingerprint density at radius 1 is 1.44 bits per heavy atom. The SMILES string of the molecule is COC(CN)CN(C)Cc1ccccc1Cl. The summed E-state index contributed by atoms with van der Waals surface area (Å²) in [7, 11) is 3.71. The fourth-order valence-corrected chi connectivity index (χ4v) is 1.77. The lowest BCUT2D eigenvalue weighted by atomic mass is 10.2. The standard InChI is InChI=1S/C12H19ClN2O/c1-15(9-11(7-14)16-2)8-10-5-3-4-6-12(10)13/h3-6,11H,7-9,14H2,1-2H3. The normalized spacial score (nSPS) is 13.1. The summed E-state index contributed by atoms with van der Waals surface area (Å²) < 4.78 is 5.24. The predicted molar refractivity (Wildman–Crippen MR) is 67.6 cm³/mol. The average molecular weight is 243 g/mol. The minimum absolute atomic E-state index is 0.0764. The molecule has 0 aliphatic heterocycles. The van der Waals surface area contributed by atoms with Crippen molar-refractivity contribution in [1.82, 2.24) is 4.90 Å². The second-order valence-corrected chi connectivity index (χ2v) is 4.29. The van der Waals surface area contributed by atoms with Gasteiger partial charge in [-0.1, -0.05) is 29.8 Å². The molecule has 1 atom stereocenters. The van der Waals surface area contributed by atoms with Crippen molar-refractivity contribution in [3.05, 3.63) is 34.9 Å². The zero-order chi connectivity index (χ0) is 12.0. The molecule has 0 heterocycles. The van der Waals surface area contributed by atoms with Gasteiger partial charge >= 0.3 is 0 Å². The van der Waals surface area contributed by atoms with Crippen molar-refractivity contribution in [3.8, 4) is 0 Å². The molecule has 3 nitrogen and oxygen atoms in total. The number of benzene rings is 1. The Balaban J connectivity index is 2.51. The maximum atomic E-state index is 6.09. The lowest BCUT2D eigenvalue weighted by molar-refractivity contribution is 0.0761. The molecule has 0 aromatic heterocycles. The quantitative estimate of drug-likeness (QED) is 0.826. The van der Waals surface area contributed by atoms with Crippen molar-refractivity contribution in [2.75, 3.05) is 27.2 Å². The van der Waals surface area contributed by atoms with Crippen molar-refractivity contribution in [2.24, 2.45) is 5.73 Å². The summed E-state index contributed by atoms with van der Waals surface area (Å²) in [5.74, 6) is 0. The number of halogens is 1. The highest BCUT2D eigenvalue weighted by Crippen LogP contribution is 2.16. The van der Waals surface area contributed by atoms with Gasteiger partial charge in [-0.15, -0.1) is 0 Å². The molecule has 4 heteroatoms. The first-order chi connectivity index (χ1) is 7.67. The summed E-state index contributed by atoms with van der Waals surface area (Å²) in [6, 6.07) is 7.86. The van der Waals surface area contributed by atoms with Gasteiger partial charge in [-0.25, -0.2) is 0 Å². The molecule has 1 aromatic rings. The molecular formula is C12H19ClN2O. The van der Waals surface area contributed by atoms with Crippen LogP contribution in [0.1, 0.15) is 5.56 Å². The van der Waals surface area contributed by atoms with Gasteiger partial charge in [0.2, 0.25) is 0 Å². The van der Waals surface area contributed by atoms with Crippen LogP contribution in [0, 0.1) is 0 Å². The Kier molecular flexibility index (Phi) is 5.77. The van der Waals surface area contributed by atoms with E-state index < -0.39 is 0 Å². The zero-order valence-electron chi connectivity index (χ0n) is 9.82. The van der Waals surface area contributed by atoms with Gasteiger partial charge in [0.05, 0.1) is 6.10 Å². The van der Waals surface area contributed by atoms with Gasteiger partial charge in [0.15, 0.2) is 0 Å². The summed E-state index contributed by atoms with van der Waals surface area (Å²) in [6.07, 6.45) is 0.0764. The van der Waals surface area contributed by atoms with Gasteiger partial charge in [0, 0.05) is 31.8 Å². The molecule has 0 aliphatic carbocycles. The Labute approximate surface area is 102 Å². The molecule has 1 rings (SSSR count). The number of likely N-dealkylation sites (N-methyl/N-ethyl adjacent to an activating group) is 1. The molecule has 0 fully saturated rings. The Morgan fingerprint density at radius 3 is 2.69 bits per heavy atom. The van der Waals surface area contributed by atoms with E-state index in [1.165, 1.54) is 0 Å². The summed E-state index contributed by atoms with van der Waals surface area (Å²) in [4.78, 5) is 2.16. The molecule has 0 spiro atoms. The molecule has 1 unspecified atom stereocenters. The first-order valence-electron chi connectivity index (χ1n) is 5.32. The van der Waals surface area contributed by atoms with Crippen molar-refractivity contribution in [2.45, 2.75) is 12.6 Å². The van der Waals surface area contributed by atoms with Crippen LogP contribution in [0.4, 0.5) is 0 Å². The minimum Gasteiger partial charge on any atom is -0.379 e. The smallest absolute Gasteiger partial charge is 0.0820 e. The summed E-state index contributed by atoms with van der Waals surface area (Å²) >= 11 is 6.09. The van der Waals surface area contributed by atoms with Crippen molar-refractivity contribution >= 4 is 11.6 Å². The number of nitrogens with zero attached hydrogens (tertiary/aromatic N) is 1. The Hall–Kier alpha value is -0.610. The monoisotopic (exact) mass is 242 g/mol. The maximum Gasteiger partial charge on any atom is 0.0820 e. The number of ether oxygens (including phenoxy) is 1. The van der Waals surface area contributed by atoms with E-state index in [-0.39, 0.29) is 6.10 Å². The molecule has 16 heavy (non-hydrogen) atoms. The van der Waals surface area contributed by atoms with E-state index in [9.17, 15) is 0 Å². The lowest BCUT2D eigenvalue weighted by Crippen LogP contribution is -2.35. The van der Waals surface area contributed by atoms with Crippen molar-refractivity contribution in [3.63, 3.8) is 0 Å². The molecule has 0 saturated carbocycles. The van der Waals surface area contributed by atoms with E-state index >= 15 is 0 Å². The first-order valence-corrected chi connectivity index (χ1v) is 5.70. The minimum atomic E-state index is 0.0764. The number of hydrogen-bond donors (Lipinski definition) is 1. The Bertz CT molecular complexity index is 316. The molecule has 90 valence electrons. The third kappa shape index (κ3) is 4.10. The van der Waals surface area contributed by atoms with Crippen LogP contribution in [-0.2, 0) is 11.3 Å². The van der Waals surface area contributed by atoms with Gasteiger partial charge in [0.25, 0.3) is 0 Å². The number of methoxy groups -OCH3 is 1. The van der Waals surface area contributed by atoms with Crippen LogP contribution in [-0.4, -0.2) is 38.3 Å². The number of rotatable bonds is 6. The van der Waals surface area contributed by atoms with Gasteiger partial charge in [-0.3, -0.25) is 4.90 Å². The van der Waals surface area contributed by atoms with Crippen LogP contribution in [0.25, 0.3) is 0 Å². The van der Waals surface area contributed by atoms with E-state index in [1.807, 2.05) is 31.3 Å². The highest BCUT2D eigenvalue weighted by atomic mass is 35.5. The Morgan fingerprint density at radius 2 is 2.12 bits per heavy atom. The molecular weight excluding hydrogens is 224 g/mol. The topological polar surface area (TPSA) is 38.5 Å². The maximum absolute atomic E-state index is 6.09. The molecule has 2 N–H and O–H groups in total. The van der Waals surface area contributed by atoms with Gasteiger partial charge in [0.1, 0.15) is 0 Å². The number of nitrogens with two attached hydrogens (primary N) is 1. The van der Waals surface area contributed by atoms with Crippen LogP contribution < -0.4 is 5.73 Å². The fraction of sp³-hybridized carbons (Fsp3) is 0.500. The van der Waals surface area contributed by atoms with Crippen LogP contribution in [0.5, 0.6) is 0 Å². The van der Waals surface area contributed by atoms with E-state index in [0.717, 1.165) is 23.7 Å². The van der Waals surface area contributed by atoms with E-state index in [4.69, 9.17) is 22.1 Å². The van der Waals surface area contributed by atoms with E-state index in [0.29, 0.717) is 6.54 Å². The average Bonchev–Trinajstić information content (AvgIpc) is 2.29. The van der Waals surface area contributed by atoms with Gasteiger partial charge in [-0.2, -0.15) is 0 Å². The molecule has 0 amide bonds. The third-order valence-electron chi connectivity index (χ3n) is 2.51. The summed E-state index contributed by atoms with van der Waals surface area (Å²) in [6.45, 7) is 2.14.